The van der Waals surface area contributed by atoms with Crippen molar-refractivity contribution in [2.75, 3.05) is 27.3 Å². The molecule has 1 N–H and O–H groups in total. The predicted octanol–water partition coefficient (Wildman–Crippen LogP) is 2.63. The lowest BCUT2D eigenvalue weighted by Gasteiger charge is -2.20. The van der Waals surface area contributed by atoms with Crippen LogP contribution in [0.15, 0.2) is 29.2 Å². The van der Waals surface area contributed by atoms with Crippen LogP contribution in [0.4, 0.5) is 0 Å². The summed E-state index contributed by atoms with van der Waals surface area (Å²) < 4.78 is 4.93. The molecule has 0 spiro atoms. The molecule has 3 nitrogen and oxygen atoms in total. The Labute approximate surface area is 121 Å². The van der Waals surface area contributed by atoms with Crippen LogP contribution < -0.4 is 0 Å². The fourth-order valence-electron chi connectivity index (χ4n) is 1.93. The Morgan fingerprint density at radius 3 is 2.42 bits per heavy atom. The molecule has 1 unspecified atom stereocenters. The van der Waals surface area contributed by atoms with Gasteiger partial charge in [-0.25, -0.2) is 0 Å². The van der Waals surface area contributed by atoms with Gasteiger partial charge in [0.15, 0.2) is 0 Å². The normalized spacial score (nSPS) is 13.2. The third kappa shape index (κ3) is 6.97. The third-order valence-corrected chi connectivity index (χ3v) is 3.64. The van der Waals surface area contributed by atoms with Gasteiger partial charge in [0, 0.05) is 30.3 Å². The minimum Gasteiger partial charge on any atom is -0.389 e. The molecule has 0 saturated heterocycles. The Hall–Kier alpha value is -0.550. The predicted molar refractivity (Wildman–Crippen MR) is 81.7 cm³/mol. The van der Waals surface area contributed by atoms with Crippen LogP contribution in [0.25, 0.3) is 0 Å². The van der Waals surface area contributed by atoms with Crippen LogP contribution in [0, 0.1) is 0 Å². The van der Waals surface area contributed by atoms with E-state index in [0.717, 1.165) is 6.54 Å². The molecule has 0 saturated carbocycles. The Morgan fingerprint density at radius 1 is 1.26 bits per heavy atom. The number of hydrogen-bond donors (Lipinski definition) is 1. The van der Waals surface area contributed by atoms with Crippen molar-refractivity contribution in [1.29, 1.82) is 0 Å². The summed E-state index contributed by atoms with van der Waals surface area (Å²) >= 11 is 1.87. The summed E-state index contributed by atoms with van der Waals surface area (Å²) in [5.74, 6) is 0. The van der Waals surface area contributed by atoms with Gasteiger partial charge in [-0.05, 0) is 24.7 Å². The molecule has 108 valence electrons. The van der Waals surface area contributed by atoms with Crippen LogP contribution in [0.2, 0.25) is 0 Å². The van der Waals surface area contributed by atoms with Crippen molar-refractivity contribution in [3.05, 3.63) is 29.8 Å². The molecule has 0 amide bonds. The van der Waals surface area contributed by atoms with Crippen molar-refractivity contribution in [3.63, 3.8) is 0 Å². The first kappa shape index (κ1) is 16.5. The maximum Gasteiger partial charge on any atom is 0.0900 e. The summed E-state index contributed by atoms with van der Waals surface area (Å²) in [5, 5.41) is 10.3. The fraction of sp³-hybridized carbons (Fsp3) is 0.600. The zero-order chi connectivity index (χ0) is 14.3. The van der Waals surface area contributed by atoms with E-state index in [4.69, 9.17) is 4.74 Å². The second-order valence-electron chi connectivity index (χ2n) is 5.12. The van der Waals surface area contributed by atoms with Crippen molar-refractivity contribution in [3.8, 4) is 0 Å². The maximum absolute atomic E-state index is 9.67. The minimum absolute atomic E-state index is 0.383. The van der Waals surface area contributed by atoms with Crippen LogP contribution >= 0.6 is 11.8 Å². The molecule has 0 bridgehead atoms. The lowest BCUT2D eigenvalue weighted by Crippen LogP contribution is -2.31. The van der Waals surface area contributed by atoms with Crippen molar-refractivity contribution >= 4 is 11.8 Å². The highest BCUT2D eigenvalue weighted by Gasteiger charge is 2.08. The van der Waals surface area contributed by atoms with E-state index in [1.54, 1.807) is 7.11 Å². The average Bonchev–Trinajstić information content (AvgIpc) is 2.31. The number of nitrogens with zero attached hydrogens (tertiary/aromatic N) is 1. The SMILES string of the molecule is COCC(O)CN(C)Cc1ccc(SC(C)C)cc1. The molecular weight excluding hydrogens is 258 g/mol. The third-order valence-electron chi connectivity index (χ3n) is 2.63. The van der Waals surface area contributed by atoms with E-state index in [-0.39, 0.29) is 0 Å². The van der Waals surface area contributed by atoms with Crippen molar-refractivity contribution in [2.24, 2.45) is 0 Å². The largest absolute Gasteiger partial charge is 0.389 e. The van der Waals surface area contributed by atoms with Gasteiger partial charge in [0.05, 0.1) is 12.7 Å². The van der Waals surface area contributed by atoms with Gasteiger partial charge in [0.1, 0.15) is 0 Å². The number of ether oxygens (including phenoxy) is 1. The number of aliphatic hydroxyl groups is 1. The van der Waals surface area contributed by atoms with Crippen LogP contribution in [0.1, 0.15) is 19.4 Å². The molecular formula is C15H25NO2S. The lowest BCUT2D eigenvalue weighted by atomic mass is 10.2. The standard InChI is InChI=1S/C15H25NO2S/c1-12(2)19-15-7-5-13(6-8-15)9-16(3)10-14(17)11-18-4/h5-8,12,14,17H,9-11H2,1-4H3. The highest BCUT2D eigenvalue weighted by atomic mass is 32.2. The molecule has 0 aromatic heterocycles. The van der Waals surface area contributed by atoms with Gasteiger partial charge in [0.2, 0.25) is 0 Å². The van der Waals surface area contributed by atoms with Crippen molar-refractivity contribution in [2.45, 2.75) is 36.6 Å². The van der Waals surface area contributed by atoms with Gasteiger partial charge in [-0.3, -0.25) is 4.90 Å². The van der Waals surface area contributed by atoms with E-state index in [1.165, 1.54) is 10.5 Å². The topological polar surface area (TPSA) is 32.7 Å². The summed E-state index contributed by atoms with van der Waals surface area (Å²) in [4.78, 5) is 3.41. The monoisotopic (exact) mass is 283 g/mol. The molecule has 0 fully saturated rings. The Balaban J connectivity index is 2.44. The average molecular weight is 283 g/mol. The first-order chi connectivity index (χ1) is 9.01. The summed E-state index contributed by atoms with van der Waals surface area (Å²) in [6.07, 6.45) is -0.425. The van der Waals surface area contributed by atoms with Gasteiger partial charge in [-0.2, -0.15) is 0 Å². The Morgan fingerprint density at radius 2 is 1.89 bits per heavy atom. The van der Waals surface area contributed by atoms with Crippen LogP contribution in [0.5, 0.6) is 0 Å². The maximum atomic E-state index is 9.67. The number of thioether (sulfide) groups is 1. The Bertz CT molecular complexity index is 354. The molecule has 0 heterocycles. The molecule has 4 heteroatoms. The Kier molecular flexibility index (Phi) is 7.46. The zero-order valence-electron chi connectivity index (χ0n) is 12.3. The van der Waals surface area contributed by atoms with Crippen molar-refractivity contribution in [1.82, 2.24) is 4.90 Å². The van der Waals surface area contributed by atoms with E-state index in [9.17, 15) is 5.11 Å². The van der Waals surface area contributed by atoms with E-state index in [1.807, 2.05) is 18.8 Å². The number of rotatable bonds is 8. The zero-order valence-corrected chi connectivity index (χ0v) is 13.1. The lowest BCUT2D eigenvalue weighted by molar-refractivity contribution is 0.0419. The second kappa shape index (κ2) is 8.59. The van der Waals surface area contributed by atoms with E-state index < -0.39 is 6.10 Å². The molecule has 19 heavy (non-hydrogen) atoms. The molecule has 0 aliphatic rings. The number of likely N-dealkylation sites (N-methyl/N-ethyl adjacent to an activating group) is 1. The first-order valence-corrected chi connectivity index (χ1v) is 7.50. The quantitative estimate of drug-likeness (QED) is 0.744. The molecule has 1 atom stereocenters. The van der Waals surface area contributed by atoms with Gasteiger partial charge < -0.3 is 9.84 Å². The summed E-state index contributed by atoms with van der Waals surface area (Å²) in [6.45, 7) is 6.24. The van der Waals surface area contributed by atoms with Gasteiger partial charge in [0.25, 0.3) is 0 Å². The van der Waals surface area contributed by atoms with Crippen LogP contribution in [0.3, 0.4) is 0 Å². The van der Waals surface area contributed by atoms with E-state index >= 15 is 0 Å². The summed E-state index contributed by atoms with van der Waals surface area (Å²) in [7, 11) is 3.62. The fourth-order valence-corrected chi connectivity index (χ4v) is 2.76. The molecule has 0 aliphatic carbocycles. The summed E-state index contributed by atoms with van der Waals surface area (Å²) in [6, 6.07) is 8.65. The number of methoxy groups -OCH3 is 1. The molecule has 0 aliphatic heterocycles. The van der Waals surface area contributed by atoms with Crippen molar-refractivity contribution < 1.29 is 9.84 Å². The van der Waals surface area contributed by atoms with Gasteiger partial charge >= 0.3 is 0 Å². The number of hydrogen-bond acceptors (Lipinski definition) is 4. The highest BCUT2D eigenvalue weighted by Crippen LogP contribution is 2.23. The second-order valence-corrected chi connectivity index (χ2v) is 6.77. The van der Waals surface area contributed by atoms with Gasteiger partial charge in [-0.1, -0.05) is 26.0 Å². The van der Waals surface area contributed by atoms with E-state index in [2.05, 4.69) is 43.0 Å². The molecule has 1 rings (SSSR count). The number of aliphatic hydroxyl groups excluding tert-OH is 1. The first-order valence-electron chi connectivity index (χ1n) is 6.62. The molecule has 0 radical (unpaired) electrons. The van der Waals surface area contributed by atoms with Crippen LogP contribution in [-0.4, -0.2) is 48.7 Å². The number of benzene rings is 1. The molecule has 1 aromatic carbocycles. The smallest absolute Gasteiger partial charge is 0.0900 e. The summed E-state index contributed by atoms with van der Waals surface area (Å²) in [5.41, 5.74) is 1.26. The highest BCUT2D eigenvalue weighted by molar-refractivity contribution is 7.99. The minimum atomic E-state index is -0.425. The molecule has 1 aromatic rings. The van der Waals surface area contributed by atoms with Gasteiger partial charge in [-0.15, -0.1) is 11.8 Å². The van der Waals surface area contributed by atoms with Crippen LogP contribution in [-0.2, 0) is 11.3 Å². The van der Waals surface area contributed by atoms with E-state index in [0.29, 0.717) is 18.4 Å².